The fraction of sp³-hybridized carbons (Fsp3) is 0.148. The minimum Gasteiger partial charge on any atom is -0.348 e. The molecule has 0 saturated carbocycles. The van der Waals surface area contributed by atoms with E-state index in [9.17, 15) is 9.59 Å². The highest BCUT2D eigenvalue weighted by Crippen LogP contribution is 2.29. The Labute approximate surface area is 202 Å². The fourth-order valence-electron chi connectivity index (χ4n) is 4.04. The highest BCUT2D eigenvalue weighted by atomic mass is 35.5. The lowest BCUT2D eigenvalue weighted by atomic mass is 10.1. The van der Waals surface area contributed by atoms with Gasteiger partial charge in [-0.2, -0.15) is 5.10 Å². The van der Waals surface area contributed by atoms with Crippen LogP contribution in [0.15, 0.2) is 84.9 Å². The number of aryl methyl sites for hydroxylation is 1. The Kier molecular flexibility index (Phi) is 6.14. The predicted molar refractivity (Wildman–Crippen MR) is 133 cm³/mol. The van der Waals surface area contributed by atoms with Gasteiger partial charge in [0.05, 0.1) is 18.8 Å². The van der Waals surface area contributed by atoms with E-state index in [4.69, 9.17) is 16.7 Å². The van der Waals surface area contributed by atoms with Crippen LogP contribution in [0.2, 0.25) is 5.02 Å². The molecule has 1 aliphatic heterocycles. The molecule has 0 bridgehead atoms. The number of carbonyl (C=O) groups excluding carboxylic acids is 2. The van der Waals surface area contributed by atoms with E-state index in [1.165, 1.54) is 0 Å². The van der Waals surface area contributed by atoms with E-state index in [1.807, 2.05) is 71.4 Å². The molecule has 6 nitrogen and oxygen atoms in total. The summed E-state index contributed by atoms with van der Waals surface area (Å²) in [6.45, 7) is 1.35. The Balaban J connectivity index is 1.29. The minimum absolute atomic E-state index is 0.0635. The standard InChI is InChI=1S/C27H23ClN4O2/c28-23-9-5-4-8-22(23)17-29-27(34)21-12-10-19(11-13-21)18-31-25-16-24(20-6-2-1-3-7-20)30-32(25)15-14-26(31)33/h1-13,16H,14-15,17-18H2,(H,29,34). The van der Waals surface area contributed by atoms with Gasteiger partial charge in [0, 0.05) is 35.2 Å². The lowest BCUT2D eigenvalue weighted by molar-refractivity contribution is -0.119. The number of rotatable bonds is 6. The van der Waals surface area contributed by atoms with Crippen molar-refractivity contribution < 1.29 is 9.59 Å². The lowest BCUT2D eigenvalue weighted by Gasteiger charge is -2.27. The van der Waals surface area contributed by atoms with E-state index in [0.29, 0.717) is 36.6 Å². The first-order valence-electron chi connectivity index (χ1n) is 11.1. The molecule has 0 radical (unpaired) electrons. The third kappa shape index (κ3) is 4.58. The van der Waals surface area contributed by atoms with Crippen LogP contribution >= 0.6 is 11.6 Å². The normalized spacial score (nSPS) is 13.0. The second-order valence-corrected chi connectivity index (χ2v) is 8.59. The van der Waals surface area contributed by atoms with Crippen LogP contribution in [0.4, 0.5) is 5.82 Å². The van der Waals surface area contributed by atoms with Gasteiger partial charge in [0.25, 0.3) is 5.91 Å². The summed E-state index contributed by atoms with van der Waals surface area (Å²) in [5, 5.41) is 8.22. The van der Waals surface area contributed by atoms with Crippen molar-refractivity contribution in [1.82, 2.24) is 15.1 Å². The molecule has 4 aromatic rings. The average molecular weight is 471 g/mol. The Morgan fingerprint density at radius 2 is 1.71 bits per heavy atom. The average Bonchev–Trinajstić information content (AvgIpc) is 3.31. The molecule has 1 N–H and O–H groups in total. The SMILES string of the molecule is O=C(NCc1ccccc1Cl)c1ccc(CN2C(=O)CCn3nc(-c4ccccc4)cc32)cc1. The van der Waals surface area contributed by atoms with Crippen molar-refractivity contribution in [2.75, 3.05) is 4.90 Å². The molecule has 0 spiro atoms. The van der Waals surface area contributed by atoms with Gasteiger partial charge in [0.2, 0.25) is 5.91 Å². The van der Waals surface area contributed by atoms with Gasteiger partial charge in [-0.25, -0.2) is 4.68 Å². The monoisotopic (exact) mass is 470 g/mol. The van der Waals surface area contributed by atoms with E-state index >= 15 is 0 Å². The Hall–Kier alpha value is -3.90. The fourth-order valence-corrected chi connectivity index (χ4v) is 4.24. The molecule has 5 rings (SSSR count). The molecule has 1 aliphatic rings. The third-order valence-corrected chi connectivity index (χ3v) is 6.27. The van der Waals surface area contributed by atoms with E-state index in [0.717, 1.165) is 28.2 Å². The van der Waals surface area contributed by atoms with Crippen LogP contribution in [0.25, 0.3) is 11.3 Å². The predicted octanol–water partition coefficient (Wildman–Crippen LogP) is 5.07. The van der Waals surface area contributed by atoms with E-state index in [2.05, 4.69) is 5.32 Å². The smallest absolute Gasteiger partial charge is 0.251 e. The second-order valence-electron chi connectivity index (χ2n) is 8.18. The van der Waals surface area contributed by atoms with Crippen LogP contribution in [0.3, 0.4) is 0 Å². The van der Waals surface area contributed by atoms with E-state index in [1.54, 1.807) is 23.1 Å². The van der Waals surface area contributed by atoms with Gasteiger partial charge in [0.1, 0.15) is 5.82 Å². The van der Waals surface area contributed by atoms with Crippen molar-refractivity contribution in [3.63, 3.8) is 0 Å². The summed E-state index contributed by atoms with van der Waals surface area (Å²) in [4.78, 5) is 27.1. The van der Waals surface area contributed by atoms with Gasteiger partial charge in [-0.15, -0.1) is 0 Å². The highest BCUT2D eigenvalue weighted by Gasteiger charge is 2.26. The molecular formula is C27H23ClN4O2. The zero-order chi connectivity index (χ0) is 23.5. The zero-order valence-electron chi connectivity index (χ0n) is 18.4. The zero-order valence-corrected chi connectivity index (χ0v) is 19.2. The van der Waals surface area contributed by atoms with Crippen molar-refractivity contribution in [2.24, 2.45) is 0 Å². The molecule has 0 unspecified atom stereocenters. The number of carbonyl (C=O) groups is 2. The summed E-state index contributed by atoms with van der Waals surface area (Å²) in [5.74, 6) is 0.677. The minimum atomic E-state index is -0.175. The highest BCUT2D eigenvalue weighted by molar-refractivity contribution is 6.31. The Morgan fingerprint density at radius 3 is 2.47 bits per heavy atom. The molecular weight excluding hydrogens is 448 g/mol. The van der Waals surface area contributed by atoms with Crippen molar-refractivity contribution in [3.05, 3.63) is 107 Å². The second kappa shape index (κ2) is 9.53. The topological polar surface area (TPSA) is 67.2 Å². The van der Waals surface area contributed by atoms with Gasteiger partial charge >= 0.3 is 0 Å². The number of hydrogen-bond acceptors (Lipinski definition) is 3. The summed E-state index contributed by atoms with van der Waals surface area (Å²) in [6.07, 6.45) is 0.408. The molecule has 0 saturated heterocycles. The van der Waals surface area contributed by atoms with Gasteiger partial charge in [0.15, 0.2) is 0 Å². The molecule has 2 amide bonds. The summed E-state index contributed by atoms with van der Waals surface area (Å²) in [6, 6.07) is 26.6. The first-order chi connectivity index (χ1) is 16.6. The molecule has 7 heteroatoms. The quantitative estimate of drug-likeness (QED) is 0.427. The molecule has 0 fully saturated rings. The van der Waals surface area contributed by atoms with Crippen LogP contribution in [0, 0.1) is 0 Å². The van der Waals surface area contributed by atoms with E-state index < -0.39 is 0 Å². The van der Waals surface area contributed by atoms with Gasteiger partial charge in [-0.05, 0) is 29.3 Å². The number of nitrogens with zero attached hydrogens (tertiary/aromatic N) is 3. The number of aromatic nitrogens is 2. The first-order valence-corrected chi connectivity index (χ1v) is 11.5. The summed E-state index contributed by atoms with van der Waals surface area (Å²) in [5.41, 5.74) is 4.22. The number of halogens is 1. The van der Waals surface area contributed by atoms with Crippen LogP contribution in [-0.2, 0) is 24.4 Å². The van der Waals surface area contributed by atoms with Crippen molar-refractivity contribution in [1.29, 1.82) is 0 Å². The molecule has 0 atom stereocenters. The van der Waals surface area contributed by atoms with Gasteiger partial charge in [-0.1, -0.05) is 72.3 Å². The molecule has 170 valence electrons. The third-order valence-electron chi connectivity index (χ3n) is 5.90. The van der Waals surface area contributed by atoms with Crippen LogP contribution in [-0.4, -0.2) is 21.6 Å². The Morgan fingerprint density at radius 1 is 0.971 bits per heavy atom. The van der Waals surface area contributed by atoms with E-state index in [-0.39, 0.29) is 11.8 Å². The van der Waals surface area contributed by atoms with Crippen molar-refractivity contribution in [3.8, 4) is 11.3 Å². The maximum atomic E-state index is 12.7. The number of fused-ring (bicyclic) bond motifs is 1. The van der Waals surface area contributed by atoms with Crippen molar-refractivity contribution in [2.45, 2.75) is 26.1 Å². The maximum absolute atomic E-state index is 12.7. The molecule has 34 heavy (non-hydrogen) atoms. The van der Waals surface area contributed by atoms with Crippen LogP contribution in [0.5, 0.6) is 0 Å². The number of hydrogen-bond donors (Lipinski definition) is 1. The molecule has 2 heterocycles. The summed E-state index contributed by atoms with van der Waals surface area (Å²) in [7, 11) is 0. The number of anilines is 1. The number of nitrogens with one attached hydrogen (secondary N) is 1. The maximum Gasteiger partial charge on any atom is 0.251 e. The van der Waals surface area contributed by atoms with Crippen molar-refractivity contribution >= 4 is 29.2 Å². The molecule has 3 aromatic carbocycles. The summed E-state index contributed by atoms with van der Waals surface area (Å²) >= 11 is 6.16. The van der Waals surface area contributed by atoms with Crippen LogP contribution in [0.1, 0.15) is 27.9 Å². The lowest BCUT2D eigenvalue weighted by Crippen LogP contribution is -2.36. The van der Waals surface area contributed by atoms with Gasteiger partial charge < -0.3 is 5.32 Å². The Bertz CT molecular complexity index is 1330. The van der Waals surface area contributed by atoms with Gasteiger partial charge in [-0.3, -0.25) is 14.5 Å². The first kappa shape index (κ1) is 21.9. The number of amides is 2. The number of benzene rings is 3. The molecule has 1 aromatic heterocycles. The summed E-state index contributed by atoms with van der Waals surface area (Å²) < 4.78 is 1.89. The molecule has 0 aliphatic carbocycles. The van der Waals surface area contributed by atoms with Crippen LogP contribution < -0.4 is 10.2 Å². The largest absolute Gasteiger partial charge is 0.348 e.